The van der Waals surface area contributed by atoms with Crippen molar-refractivity contribution in [1.29, 1.82) is 5.26 Å². The third kappa shape index (κ3) is 4.51. The second-order valence-corrected chi connectivity index (χ2v) is 6.03. The first kappa shape index (κ1) is 17.9. The standard InChI is InChI=1S/C18H15Cl2N3O/c1-11-3-6-17(12(2)7-11)22-10-13(9-21)18(24)23-14-4-5-15(19)16(20)8-14/h3-8,10,22H,1-2H3,(H,23,24)/b13-10-. The highest BCUT2D eigenvalue weighted by Gasteiger charge is 2.10. The first-order valence-corrected chi connectivity index (χ1v) is 7.87. The van der Waals surface area contributed by atoms with Crippen molar-refractivity contribution in [1.82, 2.24) is 0 Å². The lowest BCUT2D eigenvalue weighted by molar-refractivity contribution is -0.112. The molecule has 4 nitrogen and oxygen atoms in total. The normalized spacial score (nSPS) is 10.9. The van der Waals surface area contributed by atoms with Crippen molar-refractivity contribution in [2.75, 3.05) is 10.6 Å². The van der Waals surface area contributed by atoms with Gasteiger partial charge in [0.2, 0.25) is 0 Å². The fourth-order valence-corrected chi connectivity index (χ4v) is 2.34. The topological polar surface area (TPSA) is 64.9 Å². The number of halogens is 2. The van der Waals surface area contributed by atoms with E-state index in [2.05, 4.69) is 10.6 Å². The molecular formula is C18H15Cl2N3O. The van der Waals surface area contributed by atoms with E-state index in [9.17, 15) is 10.1 Å². The average Bonchev–Trinajstić information content (AvgIpc) is 2.53. The lowest BCUT2D eigenvalue weighted by Gasteiger charge is -2.08. The van der Waals surface area contributed by atoms with Gasteiger partial charge in [0.1, 0.15) is 11.6 Å². The lowest BCUT2D eigenvalue weighted by atomic mass is 10.1. The van der Waals surface area contributed by atoms with Gasteiger partial charge in [0.05, 0.1) is 10.0 Å². The minimum absolute atomic E-state index is 0.0546. The van der Waals surface area contributed by atoms with Crippen LogP contribution in [0.25, 0.3) is 0 Å². The SMILES string of the molecule is Cc1ccc(N/C=C(/C#N)C(=O)Nc2ccc(Cl)c(Cl)c2)c(C)c1. The molecule has 122 valence electrons. The van der Waals surface area contributed by atoms with E-state index in [4.69, 9.17) is 23.2 Å². The second kappa shape index (κ2) is 7.87. The van der Waals surface area contributed by atoms with Gasteiger partial charge in [-0.25, -0.2) is 0 Å². The van der Waals surface area contributed by atoms with Crippen LogP contribution in [-0.2, 0) is 4.79 Å². The van der Waals surface area contributed by atoms with Gasteiger partial charge in [0.25, 0.3) is 5.91 Å². The van der Waals surface area contributed by atoms with Gasteiger partial charge in [-0.3, -0.25) is 4.79 Å². The van der Waals surface area contributed by atoms with Crippen molar-refractivity contribution in [3.8, 4) is 6.07 Å². The molecule has 2 rings (SSSR count). The molecule has 2 aromatic carbocycles. The maximum Gasteiger partial charge on any atom is 0.267 e. The molecule has 0 aliphatic heterocycles. The Morgan fingerprint density at radius 1 is 1.12 bits per heavy atom. The van der Waals surface area contributed by atoms with E-state index in [0.29, 0.717) is 15.7 Å². The van der Waals surface area contributed by atoms with Crippen LogP contribution in [0, 0.1) is 25.2 Å². The summed E-state index contributed by atoms with van der Waals surface area (Å²) in [6.45, 7) is 3.95. The number of benzene rings is 2. The van der Waals surface area contributed by atoms with Crippen LogP contribution in [0.2, 0.25) is 10.0 Å². The maximum absolute atomic E-state index is 12.2. The summed E-state index contributed by atoms with van der Waals surface area (Å²) in [5.74, 6) is -0.534. The second-order valence-electron chi connectivity index (χ2n) is 5.22. The Morgan fingerprint density at radius 2 is 1.88 bits per heavy atom. The van der Waals surface area contributed by atoms with E-state index in [1.807, 2.05) is 38.1 Å². The van der Waals surface area contributed by atoms with Gasteiger partial charge in [-0.15, -0.1) is 0 Å². The van der Waals surface area contributed by atoms with E-state index in [-0.39, 0.29) is 5.57 Å². The molecule has 1 amide bonds. The third-order valence-electron chi connectivity index (χ3n) is 3.30. The van der Waals surface area contributed by atoms with Gasteiger partial charge in [-0.05, 0) is 43.7 Å². The number of nitriles is 1. The van der Waals surface area contributed by atoms with Gasteiger partial charge in [0.15, 0.2) is 0 Å². The predicted molar refractivity (Wildman–Crippen MR) is 98.3 cm³/mol. The van der Waals surface area contributed by atoms with Crippen molar-refractivity contribution >= 4 is 40.5 Å². The molecule has 0 aliphatic carbocycles. The number of nitrogens with one attached hydrogen (secondary N) is 2. The summed E-state index contributed by atoms with van der Waals surface area (Å²) in [5, 5.41) is 15.5. The van der Waals surface area contributed by atoms with Crippen molar-refractivity contribution in [3.05, 3.63) is 69.3 Å². The number of hydrogen-bond acceptors (Lipinski definition) is 3. The minimum atomic E-state index is -0.534. The average molecular weight is 360 g/mol. The Balaban J connectivity index is 2.13. The fraction of sp³-hybridized carbons (Fsp3) is 0.111. The summed E-state index contributed by atoms with van der Waals surface area (Å²) in [5.41, 5.74) is 3.40. The minimum Gasteiger partial charge on any atom is -0.360 e. The number of hydrogen-bond donors (Lipinski definition) is 2. The Hall–Kier alpha value is -2.48. The third-order valence-corrected chi connectivity index (χ3v) is 4.04. The molecule has 0 saturated carbocycles. The van der Waals surface area contributed by atoms with Crippen LogP contribution >= 0.6 is 23.2 Å². The highest BCUT2D eigenvalue weighted by molar-refractivity contribution is 6.42. The zero-order valence-electron chi connectivity index (χ0n) is 13.2. The molecule has 0 fully saturated rings. The molecule has 6 heteroatoms. The van der Waals surface area contributed by atoms with Gasteiger partial charge >= 0.3 is 0 Å². The molecule has 0 aliphatic rings. The van der Waals surface area contributed by atoms with Crippen LogP contribution in [0.4, 0.5) is 11.4 Å². The van der Waals surface area contributed by atoms with Crippen LogP contribution < -0.4 is 10.6 Å². The van der Waals surface area contributed by atoms with Crippen molar-refractivity contribution < 1.29 is 4.79 Å². The lowest BCUT2D eigenvalue weighted by Crippen LogP contribution is -2.14. The van der Waals surface area contributed by atoms with Gasteiger partial charge in [-0.2, -0.15) is 5.26 Å². The maximum atomic E-state index is 12.2. The Bertz CT molecular complexity index is 854. The number of aryl methyl sites for hydroxylation is 2. The molecule has 0 aromatic heterocycles. The molecule has 0 radical (unpaired) electrons. The molecule has 0 unspecified atom stereocenters. The van der Waals surface area contributed by atoms with Gasteiger partial charge < -0.3 is 10.6 Å². The first-order valence-electron chi connectivity index (χ1n) is 7.11. The highest BCUT2D eigenvalue weighted by atomic mass is 35.5. The summed E-state index contributed by atoms with van der Waals surface area (Å²) >= 11 is 11.7. The van der Waals surface area contributed by atoms with Crippen LogP contribution in [0.15, 0.2) is 48.2 Å². The van der Waals surface area contributed by atoms with Crippen LogP contribution in [0.5, 0.6) is 0 Å². The van der Waals surface area contributed by atoms with Gasteiger partial charge in [0, 0.05) is 17.6 Å². The number of nitrogens with zero attached hydrogens (tertiary/aromatic N) is 1. The predicted octanol–water partition coefficient (Wildman–Crippen LogP) is 5.07. The number of carbonyl (C=O) groups is 1. The molecule has 0 atom stereocenters. The Labute approximate surface area is 150 Å². The molecule has 0 bridgehead atoms. The molecule has 2 aromatic rings. The van der Waals surface area contributed by atoms with Crippen LogP contribution in [-0.4, -0.2) is 5.91 Å². The monoisotopic (exact) mass is 359 g/mol. The van der Waals surface area contributed by atoms with Crippen molar-refractivity contribution in [3.63, 3.8) is 0 Å². The first-order chi connectivity index (χ1) is 11.4. The van der Waals surface area contributed by atoms with Gasteiger partial charge in [-0.1, -0.05) is 40.9 Å². The van der Waals surface area contributed by atoms with Crippen molar-refractivity contribution in [2.45, 2.75) is 13.8 Å². The molecule has 0 heterocycles. The number of carbonyl (C=O) groups excluding carboxylic acids is 1. The number of amides is 1. The summed E-state index contributed by atoms with van der Waals surface area (Å²) in [7, 11) is 0. The molecular weight excluding hydrogens is 345 g/mol. The molecule has 2 N–H and O–H groups in total. The number of rotatable bonds is 4. The summed E-state index contributed by atoms with van der Waals surface area (Å²) < 4.78 is 0. The summed E-state index contributed by atoms with van der Waals surface area (Å²) in [6, 6.07) is 12.4. The van der Waals surface area contributed by atoms with Crippen LogP contribution in [0.3, 0.4) is 0 Å². The summed E-state index contributed by atoms with van der Waals surface area (Å²) in [4.78, 5) is 12.2. The van der Waals surface area contributed by atoms with Crippen LogP contribution in [0.1, 0.15) is 11.1 Å². The van der Waals surface area contributed by atoms with E-state index in [1.165, 1.54) is 12.3 Å². The Morgan fingerprint density at radius 3 is 2.50 bits per heavy atom. The zero-order valence-corrected chi connectivity index (χ0v) is 14.7. The van der Waals surface area contributed by atoms with Crippen molar-refractivity contribution in [2.24, 2.45) is 0 Å². The van der Waals surface area contributed by atoms with E-state index >= 15 is 0 Å². The summed E-state index contributed by atoms with van der Waals surface area (Å²) in [6.07, 6.45) is 1.38. The fourth-order valence-electron chi connectivity index (χ4n) is 2.05. The highest BCUT2D eigenvalue weighted by Crippen LogP contribution is 2.25. The quantitative estimate of drug-likeness (QED) is 0.591. The molecule has 0 saturated heterocycles. The van der Waals surface area contributed by atoms with E-state index in [1.54, 1.807) is 12.1 Å². The number of anilines is 2. The van der Waals surface area contributed by atoms with E-state index < -0.39 is 5.91 Å². The largest absolute Gasteiger partial charge is 0.360 e. The Kier molecular flexibility index (Phi) is 5.86. The smallest absolute Gasteiger partial charge is 0.267 e. The molecule has 24 heavy (non-hydrogen) atoms. The van der Waals surface area contributed by atoms with E-state index in [0.717, 1.165) is 16.8 Å². The molecule has 0 spiro atoms. The zero-order chi connectivity index (χ0) is 17.7.